The SMILES string of the molecule is CCCCC(NN)C1COC(C)C1. The summed E-state index contributed by atoms with van der Waals surface area (Å²) in [4.78, 5) is 0. The Morgan fingerprint density at radius 2 is 2.38 bits per heavy atom. The Morgan fingerprint density at radius 3 is 2.85 bits per heavy atom. The average molecular weight is 186 g/mol. The second-order valence-corrected chi connectivity index (χ2v) is 4.06. The van der Waals surface area contributed by atoms with Crippen LogP contribution in [0.1, 0.15) is 39.5 Å². The third kappa shape index (κ3) is 3.25. The first-order valence-electron chi connectivity index (χ1n) is 5.35. The van der Waals surface area contributed by atoms with Gasteiger partial charge in [0.2, 0.25) is 0 Å². The Bertz CT molecular complexity index is 141. The number of rotatable bonds is 5. The van der Waals surface area contributed by atoms with Gasteiger partial charge in [0, 0.05) is 12.0 Å². The Labute approximate surface area is 81.0 Å². The Hall–Kier alpha value is -0.120. The third-order valence-electron chi connectivity index (χ3n) is 2.88. The smallest absolute Gasteiger partial charge is 0.0551 e. The molecule has 3 N–H and O–H groups in total. The van der Waals surface area contributed by atoms with Crippen molar-refractivity contribution in [1.82, 2.24) is 5.43 Å². The molecule has 0 aromatic heterocycles. The van der Waals surface area contributed by atoms with Gasteiger partial charge in [0.25, 0.3) is 0 Å². The molecule has 0 bridgehead atoms. The lowest BCUT2D eigenvalue weighted by Gasteiger charge is -2.21. The van der Waals surface area contributed by atoms with Crippen LogP contribution in [-0.4, -0.2) is 18.8 Å². The maximum absolute atomic E-state index is 5.53. The molecule has 0 spiro atoms. The fraction of sp³-hybridized carbons (Fsp3) is 1.00. The van der Waals surface area contributed by atoms with E-state index in [1.807, 2.05) is 0 Å². The summed E-state index contributed by atoms with van der Waals surface area (Å²) in [6, 6.07) is 0.449. The summed E-state index contributed by atoms with van der Waals surface area (Å²) in [5.41, 5.74) is 2.92. The van der Waals surface area contributed by atoms with Gasteiger partial charge >= 0.3 is 0 Å². The summed E-state index contributed by atoms with van der Waals surface area (Å²) in [6.07, 6.45) is 5.23. The van der Waals surface area contributed by atoms with Crippen LogP contribution in [0.5, 0.6) is 0 Å². The largest absolute Gasteiger partial charge is 0.378 e. The summed E-state index contributed by atoms with van der Waals surface area (Å²) < 4.78 is 5.53. The number of hydrogen-bond acceptors (Lipinski definition) is 3. The topological polar surface area (TPSA) is 47.3 Å². The van der Waals surface area contributed by atoms with Gasteiger partial charge in [-0.25, -0.2) is 0 Å². The molecule has 78 valence electrons. The van der Waals surface area contributed by atoms with Crippen LogP contribution in [0.15, 0.2) is 0 Å². The average Bonchev–Trinajstić information content (AvgIpc) is 2.54. The van der Waals surface area contributed by atoms with Crippen molar-refractivity contribution in [2.45, 2.75) is 51.7 Å². The molecule has 1 rings (SSSR count). The van der Waals surface area contributed by atoms with Crippen LogP contribution < -0.4 is 11.3 Å². The first kappa shape index (κ1) is 11.0. The van der Waals surface area contributed by atoms with Crippen molar-refractivity contribution in [2.75, 3.05) is 6.61 Å². The van der Waals surface area contributed by atoms with Gasteiger partial charge in [-0.3, -0.25) is 11.3 Å². The van der Waals surface area contributed by atoms with Crippen molar-refractivity contribution < 1.29 is 4.74 Å². The molecular formula is C10H22N2O. The molecule has 0 aromatic carbocycles. The first-order valence-corrected chi connectivity index (χ1v) is 5.35. The molecular weight excluding hydrogens is 164 g/mol. The summed E-state index contributed by atoms with van der Waals surface area (Å²) >= 11 is 0. The second kappa shape index (κ2) is 5.58. The van der Waals surface area contributed by atoms with Crippen molar-refractivity contribution in [3.8, 4) is 0 Å². The highest BCUT2D eigenvalue weighted by Gasteiger charge is 2.28. The minimum absolute atomic E-state index is 0.419. The first-order chi connectivity index (χ1) is 6.27. The van der Waals surface area contributed by atoms with Crippen molar-refractivity contribution in [2.24, 2.45) is 11.8 Å². The summed E-state index contributed by atoms with van der Waals surface area (Å²) in [5, 5.41) is 0. The quantitative estimate of drug-likeness (QED) is 0.504. The van der Waals surface area contributed by atoms with Gasteiger partial charge in [-0.2, -0.15) is 0 Å². The molecule has 3 heteroatoms. The molecule has 1 saturated heterocycles. The third-order valence-corrected chi connectivity index (χ3v) is 2.88. The summed E-state index contributed by atoms with van der Waals surface area (Å²) in [7, 11) is 0. The minimum atomic E-state index is 0.419. The lowest BCUT2D eigenvalue weighted by molar-refractivity contribution is 0.116. The van der Waals surface area contributed by atoms with Crippen molar-refractivity contribution in [1.29, 1.82) is 0 Å². The van der Waals surface area contributed by atoms with Gasteiger partial charge in [0.15, 0.2) is 0 Å². The summed E-state index contributed by atoms with van der Waals surface area (Å²) in [5.74, 6) is 6.15. The van der Waals surface area contributed by atoms with Crippen molar-refractivity contribution in [3.05, 3.63) is 0 Å². The van der Waals surface area contributed by atoms with Crippen LogP contribution in [0.2, 0.25) is 0 Å². The standard InChI is InChI=1S/C10H22N2O/c1-3-4-5-10(12-11)9-6-8(2)13-7-9/h8-10,12H,3-7,11H2,1-2H3. The molecule has 0 amide bonds. The molecule has 3 unspecified atom stereocenters. The van der Waals surface area contributed by atoms with Crippen molar-refractivity contribution in [3.63, 3.8) is 0 Å². The highest BCUT2D eigenvalue weighted by Crippen LogP contribution is 2.24. The van der Waals surface area contributed by atoms with Gasteiger partial charge in [-0.05, 0) is 19.8 Å². The zero-order valence-corrected chi connectivity index (χ0v) is 8.75. The molecule has 0 saturated carbocycles. The molecule has 0 radical (unpaired) electrons. The van der Waals surface area contributed by atoms with Gasteiger partial charge in [-0.1, -0.05) is 19.8 Å². The zero-order chi connectivity index (χ0) is 9.68. The molecule has 1 aliphatic rings. The van der Waals surface area contributed by atoms with Gasteiger partial charge in [0.05, 0.1) is 12.7 Å². The molecule has 3 nitrogen and oxygen atoms in total. The van der Waals surface area contributed by atoms with Crippen LogP contribution in [0, 0.1) is 5.92 Å². The van der Waals surface area contributed by atoms with E-state index in [4.69, 9.17) is 10.6 Å². The fourth-order valence-electron chi connectivity index (χ4n) is 2.01. The van der Waals surface area contributed by atoms with E-state index in [2.05, 4.69) is 19.3 Å². The summed E-state index contributed by atoms with van der Waals surface area (Å²) in [6.45, 7) is 5.22. The molecule has 0 aliphatic carbocycles. The highest BCUT2D eigenvalue weighted by atomic mass is 16.5. The highest BCUT2D eigenvalue weighted by molar-refractivity contribution is 4.80. The van der Waals surface area contributed by atoms with E-state index in [0.717, 1.165) is 13.0 Å². The Morgan fingerprint density at radius 1 is 1.62 bits per heavy atom. The van der Waals surface area contributed by atoms with Gasteiger partial charge < -0.3 is 4.74 Å². The molecule has 3 atom stereocenters. The van der Waals surface area contributed by atoms with E-state index >= 15 is 0 Å². The lowest BCUT2D eigenvalue weighted by atomic mass is 9.93. The van der Waals surface area contributed by atoms with Crippen LogP contribution in [-0.2, 0) is 4.74 Å². The number of unbranched alkanes of at least 4 members (excludes halogenated alkanes) is 1. The zero-order valence-electron chi connectivity index (χ0n) is 8.75. The number of nitrogens with one attached hydrogen (secondary N) is 1. The van der Waals surface area contributed by atoms with Crippen LogP contribution >= 0.6 is 0 Å². The predicted octanol–water partition coefficient (Wildman–Crippen LogP) is 1.43. The molecule has 0 aromatic rings. The predicted molar refractivity (Wildman–Crippen MR) is 54.2 cm³/mol. The number of hydrazine groups is 1. The molecule has 1 heterocycles. The fourth-order valence-corrected chi connectivity index (χ4v) is 2.01. The van der Waals surface area contributed by atoms with E-state index in [1.54, 1.807) is 0 Å². The number of ether oxygens (including phenoxy) is 1. The monoisotopic (exact) mass is 186 g/mol. The second-order valence-electron chi connectivity index (χ2n) is 4.06. The van der Waals surface area contributed by atoms with Gasteiger partial charge in [0.1, 0.15) is 0 Å². The van der Waals surface area contributed by atoms with E-state index in [-0.39, 0.29) is 0 Å². The van der Waals surface area contributed by atoms with Crippen LogP contribution in [0.25, 0.3) is 0 Å². The Kier molecular flexibility index (Phi) is 4.70. The Balaban J connectivity index is 2.29. The minimum Gasteiger partial charge on any atom is -0.378 e. The maximum Gasteiger partial charge on any atom is 0.0551 e. The maximum atomic E-state index is 5.53. The van der Waals surface area contributed by atoms with E-state index < -0.39 is 0 Å². The van der Waals surface area contributed by atoms with Crippen LogP contribution in [0.4, 0.5) is 0 Å². The van der Waals surface area contributed by atoms with E-state index in [9.17, 15) is 0 Å². The number of hydrogen-bond donors (Lipinski definition) is 2. The molecule has 1 fully saturated rings. The number of nitrogens with two attached hydrogens (primary N) is 1. The van der Waals surface area contributed by atoms with E-state index in [1.165, 1.54) is 19.3 Å². The normalized spacial score (nSPS) is 30.7. The van der Waals surface area contributed by atoms with E-state index in [0.29, 0.717) is 18.1 Å². The lowest BCUT2D eigenvalue weighted by Crippen LogP contribution is -2.41. The molecule has 13 heavy (non-hydrogen) atoms. The van der Waals surface area contributed by atoms with Crippen molar-refractivity contribution >= 4 is 0 Å². The van der Waals surface area contributed by atoms with Gasteiger partial charge in [-0.15, -0.1) is 0 Å². The van der Waals surface area contributed by atoms with Crippen LogP contribution in [0.3, 0.4) is 0 Å². The molecule has 1 aliphatic heterocycles.